The van der Waals surface area contributed by atoms with Gasteiger partial charge < -0.3 is 61.6 Å². The highest BCUT2D eigenvalue weighted by Crippen LogP contribution is 2.21. The van der Waals surface area contributed by atoms with Crippen molar-refractivity contribution < 1.29 is 61.6 Å². The van der Waals surface area contributed by atoms with Crippen molar-refractivity contribution in [1.29, 1.82) is 0 Å². The lowest BCUT2D eigenvalue weighted by Gasteiger charge is -2.22. The van der Waals surface area contributed by atoms with Gasteiger partial charge in [-0.2, -0.15) is 0 Å². The Bertz CT molecular complexity index is 280. The molecule has 0 heterocycles. The van der Waals surface area contributed by atoms with E-state index in [9.17, 15) is 0 Å². The van der Waals surface area contributed by atoms with Crippen molar-refractivity contribution in [2.45, 2.75) is 76.1 Å². The zero-order valence-electron chi connectivity index (χ0n) is 35.1. The second kappa shape index (κ2) is 90.8. The summed E-state index contributed by atoms with van der Waals surface area (Å²) < 4.78 is 57.9. The normalized spacial score (nSPS) is 13.0. The minimum absolute atomic E-state index is 0.389. The molecule has 3 rings (SSSR count). The fourth-order valence-electron chi connectivity index (χ4n) is 1.94. The topological polar surface area (TPSA) is 120 Å². The Morgan fingerprint density at radius 2 is 0.404 bits per heavy atom. The van der Waals surface area contributed by atoms with Crippen LogP contribution in [0.2, 0.25) is 0 Å². The largest absolute Gasteiger partial charge is 0.388 e. The summed E-state index contributed by atoms with van der Waals surface area (Å²) in [6.45, 7) is 0.389. The molecule has 0 saturated heterocycles. The van der Waals surface area contributed by atoms with E-state index in [2.05, 4.69) is 47.4 Å². The van der Waals surface area contributed by atoms with Gasteiger partial charge in [0.25, 0.3) is 0 Å². The van der Waals surface area contributed by atoms with Gasteiger partial charge in [0, 0.05) is 149 Å². The van der Waals surface area contributed by atoms with E-state index in [1.807, 2.05) is 0 Å². The molecule has 3 aliphatic carbocycles. The highest BCUT2D eigenvalue weighted by Gasteiger charge is 2.15. The molecule has 300 valence electrons. The summed E-state index contributed by atoms with van der Waals surface area (Å²) in [5, 5.41) is 0. The van der Waals surface area contributed by atoms with Gasteiger partial charge in [0.05, 0.1) is 18.3 Å². The fraction of sp³-hybridized carbons (Fsp3) is 1.00. The first-order valence-corrected chi connectivity index (χ1v) is 15.3. The quantitative estimate of drug-likeness (QED) is 0.317. The molecule has 47 heavy (non-hydrogen) atoms. The molecule has 3 fully saturated rings. The van der Waals surface area contributed by atoms with E-state index in [1.165, 1.54) is 57.8 Å². The van der Waals surface area contributed by atoms with Crippen LogP contribution in [0.15, 0.2) is 0 Å². The summed E-state index contributed by atoms with van der Waals surface area (Å²) in [7, 11) is 34.5. The summed E-state index contributed by atoms with van der Waals surface area (Å²) in [5.41, 5.74) is 0. The summed E-state index contributed by atoms with van der Waals surface area (Å²) in [6, 6.07) is 0. The predicted molar refractivity (Wildman–Crippen MR) is 196 cm³/mol. The molecule has 0 aromatic carbocycles. The maximum atomic E-state index is 4.99. The van der Waals surface area contributed by atoms with Crippen LogP contribution in [-0.4, -0.2) is 174 Å². The second-order valence-corrected chi connectivity index (χ2v) is 9.33. The number of rotatable bonds is 5. The van der Waals surface area contributed by atoms with Crippen molar-refractivity contribution in [3.8, 4) is 0 Å². The highest BCUT2D eigenvalue weighted by atomic mass is 16.6. The molecule has 0 aromatic rings. The standard InChI is InChI=1S/3C5H10O.C3H8O2.8C2H6O/c3*1-6-5-3-2-4-5;1-4-3-5-2;8*1-3-2/h3*5H,2-4H2,1H3;3H2,1-2H3;8*1-2H3. The van der Waals surface area contributed by atoms with Crippen molar-refractivity contribution >= 4 is 0 Å². The SMILES string of the molecule is COC.COC.COC.COC.COC.COC.COC.COC.COC1CCC1.COC1CCC1.COC1CCC1.COCOC. The number of hydrogen-bond acceptors (Lipinski definition) is 13. The maximum absolute atomic E-state index is 4.99. The Balaban J connectivity index is -0.0000000487. The molecule has 0 unspecified atom stereocenters. The zero-order valence-corrected chi connectivity index (χ0v) is 35.1. The van der Waals surface area contributed by atoms with Crippen LogP contribution in [0.5, 0.6) is 0 Å². The van der Waals surface area contributed by atoms with Crippen LogP contribution in [-0.2, 0) is 61.6 Å². The molecule has 3 aliphatic rings. The summed E-state index contributed by atoms with van der Waals surface area (Å²) >= 11 is 0. The monoisotopic (exact) mass is 703 g/mol. The Kier molecular flexibility index (Phi) is 132. The molecule has 13 heteroatoms. The van der Waals surface area contributed by atoms with Crippen LogP contribution in [0.1, 0.15) is 57.8 Å². The average molecular weight is 703 g/mol. The van der Waals surface area contributed by atoms with E-state index in [0.717, 1.165) is 0 Å². The summed E-state index contributed by atoms with van der Waals surface area (Å²) in [5.74, 6) is 0. The van der Waals surface area contributed by atoms with E-state index >= 15 is 0 Å². The van der Waals surface area contributed by atoms with Gasteiger partial charge in [-0.05, 0) is 57.8 Å². The van der Waals surface area contributed by atoms with Gasteiger partial charge in [-0.3, -0.25) is 0 Å². The van der Waals surface area contributed by atoms with Crippen LogP contribution in [0, 0.1) is 0 Å². The lowest BCUT2D eigenvalue weighted by molar-refractivity contribution is -0.00272. The van der Waals surface area contributed by atoms with E-state index in [0.29, 0.717) is 25.1 Å². The van der Waals surface area contributed by atoms with Gasteiger partial charge >= 0.3 is 0 Å². The molecule has 0 aromatic heterocycles. The summed E-state index contributed by atoms with van der Waals surface area (Å²) in [4.78, 5) is 0. The van der Waals surface area contributed by atoms with Crippen molar-refractivity contribution in [2.75, 3.05) is 156 Å². The van der Waals surface area contributed by atoms with Crippen LogP contribution in [0.4, 0.5) is 0 Å². The van der Waals surface area contributed by atoms with Crippen LogP contribution in [0.3, 0.4) is 0 Å². The first-order chi connectivity index (χ1) is 22.5. The first-order valence-electron chi connectivity index (χ1n) is 15.3. The number of hydrogen-bond donors (Lipinski definition) is 0. The van der Waals surface area contributed by atoms with E-state index in [-0.39, 0.29) is 0 Å². The lowest BCUT2D eigenvalue weighted by atomic mass is 9.96. The van der Waals surface area contributed by atoms with Gasteiger partial charge in [0.15, 0.2) is 0 Å². The molecule has 0 radical (unpaired) electrons. The molecule has 0 bridgehead atoms. The predicted octanol–water partition coefficient (Wildman–Crippen LogP) is 5.89. The lowest BCUT2D eigenvalue weighted by Crippen LogP contribution is -2.18. The van der Waals surface area contributed by atoms with Crippen LogP contribution in [0.25, 0.3) is 0 Å². The van der Waals surface area contributed by atoms with E-state index in [1.54, 1.807) is 149 Å². The van der Waals surface area contributed by atoms with Gasteiger partial charge in [-0.15, -0.1) is 0 Å². The van der Waals surface area contributed by atoms with Crippen LogP contribution >= 0.6 is 0 Å². The molecule has 0 spiro atoms. The van der Waals surface area contributed by atoms with Crippen molar-refractivity contribution in [2.24, 2.45) is 0 Å². The Morgan fingerprint density at radius 3 is 0.404 bits per heavy atom. The van der Waals surface area contributed by atoms with Gasteiger partial charge in [-0.25, -0.2) is 0 Å². The Hall–Kier alpha value is -0.520. The first kappa shape index (κ1) is 68.4. The molecular formula is C34H86O13. The van der Waals surface area contributed by atoms with E-state index < -0.39 is 0 Å². The second-order valence-electron chi connectivity index (χ2n) is 9.33. The summed E-state index contributed by atoms with van der Waals surface area (Å²) in [6.07, 6.45) is 13.7. The number of ether oxygens (including phenoxy) is 13. The fourth-order valence-corrected chi connectivity index (χ4v) is 1.94. The van der Waals surface area contributed by atoms with Gasteiger partial charge in [0.2, 0.25) is 0 Å². The maximum Gasteiger partial charge on any atom is 0.145 e. The third-order valence-corrected chi connectivity index (χ3v) is 4.39. The van der Waals surface area contributed by atoms with E-state index in [4.69, 9.17) is 14.2 Å². The third kappa shape index (κ3) is 132. The molecular weight excluding hydrogens is 616 g/mol. The van der Waals surface area contributed by atoms with Gasteiger partial charge in [0.1, 0.15) is 6.79 Å². The zero-order chi connectivity index (χ0) is 39.0. The molecule has 0 amide bonds. The molecule has 0 aliphatic heterocycles. The average Bonchev–Trinajstić information content (AvgIpc) is 2.92. The van der Waals surface area contributed by atoms with Crippen molar-refractivity contribution in [3.05, 3.63) is 0 Å². The minimum Gasteiger partial charge on any atom is -0.388 e. The van der Waals surface area contributed by atoms with Crippen molar-refractivity contribution in [3.63, 3.8) is 0 Å². The molecule has 3 saturated carbocycles. The highest BCUT2D eigenvalue weighted by molar-refractivity contribution is 4.68. The Labute approximate surface area is 293 Å². The number of methoxy groups -OCH3 is 13. The third-order valence-electron chi connectivity index (χ3n) is 4.39. The molecule has 13 nitrogen and oxygen atoms in total. The van der Waals surface area contributed by atoms with Gasteiger partial charge in [-0.1, -0.05) is 0 Å². The van der Waals surface area contributed by atoms with Crippen LogP contribution < -0.4 is 0 Å². The smallest absolute Gasteiger partial charge is 0.145 e. The molecule has 0 N–H and O–H groups in total. The van der Waals surface area contributed by atoms with Crippen molar-refractivity contribution in [1.82, 2.24) is 0 Å². The minimum atomic E-state index is 0.389. The Morgan fingerprint density at radius 1 is 0.277 bits per heavy atom. The molecule has 0 atom stereocenters.